The highest BCUT2D eigenvalue weighted by Gasteiger charge is 2.44. The number of aliphatic hydroxyl groups is 4. The first kappa shape index (κ1) is 33.7. The second-order valence-electron chi connectivity index (χ2n) is 9.43. The van der Waals surface area contributed by atoms with Crippen LogP contribution in [-0.4, -0.2) is 90.6 Å². The van der Waals surface area contributed by atoms with E-state index < -0.39 is 79.6 Å². The molecular formula is C24H42O12. The molecule has 4 unspecified atom stereocenters. The third-order valence-electron chi connectivity index (χ3n) is 6.20. The number of hydrogen-bond acceptors (Lipinski definition) is 9. The molecule has 0 aliphatic heterocycles. The highest BCUT2D eigenvalue weighted by Crippen LogP contribution is 2.37. The number of rotatable bonds is 22. The Balaban J connectivity index is 5.38. The van der Waals surface area contributed by atoms with Gasteiger partial charge < -0.3 is 40.5 Å². The first-order chi connectivity index (χ1) is 16.9. The van der Waals surface area contributed by atoms with Gasteiger partial charge in [-0.2, -0.15) is 0 Å². The van der Waals surface area contributed by atoms with Crippen LogP contribution >= 0.6 is 0 Å². The maximum atomic E-state index is 12.3. The van der Waals surface area contributed by atoms with Crippen molar-refractivity contribution in [2.45, 2.75) is 108 Å². The minimum Gasteiger partial charge on any atom is -0.481 e. The second-order valence-corrected chi connectivity index (χ2v) is 9.43. The van der Waals surface area contributed by atoms with Gasteiger partial charge in [-0.25, -0.2) is 4.79 Å². The summed E-state index contributed by atoms with van der Waals surface area (Å²) in [5.41, 5.74) is -4.61. The molecule has 0 spiro atoms. The predicted octanol–water partition coefficient (Wildman–Crippen LogP) is 1.31. The van der Waals surface area contributed by atoms with Gasteiger partial charge in [-0.15, -0.1) is 0 Å². The number of carboxylic acid groups (broad SMARTS) is 3. The number of carboxylic acids is 3. The van der Waals surface area contributed by atoms with E-state index in [1.165, 1.54) is 0 Å². The lowest BCUT2D eigenvalue weighted by Crippen LogP contribution is -2.45. The number of ether oxygens (including phenoxy) is 1. The number of aliphatic carboxylic acids is 3. The number of carbonyl (C=O) groups is 4. The number of unbranched alkanes of at least 4 members (excludes halogenated alkanes) is 7. The van der Waals surface area contributed by atoms with Crippen LogP contribution in [-0.2, 0) is 23.9 Å². The van der Waals surface area contributed by atoms with Crippen LogP contribution in [0.4, 0.5) is 0 Å². The largest absolute Gasteiger partial charge is 0.481 e. The van der Waals surface area contributed by atoms with Crippen molar-refractivity contribution < 1.29 is 59.7 Å². The molecule has 12 heteroatoms. The molecular weight excluding hydrogens is 480 g/mol. The number of esters is 1. The van der Waals surface area contributed by atoms with Crippen LogP contribution in [0.1, 0.15) is 90.4 Å². The molecule has 0 fully saturated rings. The van der Waals surface area contributed by atoms with Gasteiger partial charge in [-0.3, -0.25) is 14.4 Å². The van der Waals surface area contributed by atoms with Crippen molar-refractivity contribution in [2.75, 3.05) is 13.2 Å². The second kappa shape index (κ2) is 17.2. The molecule has 0 amide bonds. The summed E-state index contributed by atoms with van der Waals surface area (Å²) in [7, 11) is 0. The van der Waals surface area contributed by atoms with Gasteiger partial charge in [0.15, 0.2) is 5.60 Å². The molecule has 0 saturated carbocycles. The molecule has 7 N–H and O–H groups in total. The molecule has 36 heavy (non-hydrogen) atoms. The SMILES string of the molecule is CCCCCCCCCCC(CC(O)CO)(CC(CO)OC(=O)CC(O)(CC(=O)O)C(=O)O)C(=O)O. The van der Waals surface area contributed by atoms with Gasteiger partial charge in [0.05, 0.1) is 37.6 Å². The van der Waals surface area contributed by atoms with E-state index in [9.17, 15) is 44.7 Å². The number of hydrogen-bond donors (Lipinski definition) is 7. The Hall–Kier alpha value is -2.28. The van der Waals surface area contributed by atoms with E-state index in [2.05, 4.69) is 6.92 Å². The molecule has 0 aliphatic rings. The van der Waals surface area contributed by atoms with Crippen LogP contribution in [0.3, 0.4) is 0 Å². The molecule has 0 heterocycles. The summed E-state index contributed by atoms with van der Waals surface area (Å²) in [5, 5.41) is 66.9. The predicted molar refractivity (Wildman–Crippen MR) is 126 cm³/mol. The Labute approximate surface area is 210 Å². The van der Waals surface area contributed by atoms with Crippen molar-refractivity contribution in [1.82, 2.24) is 0 Å². The molecule has 0 bridgehead atoms. The van der Waals surface area contributed by atoms with Gasteiger partial charge in [-0.1, -0.05) is 58.3 Å². The lowest BCUT2D eigenvalue weighted by molar-refractivity contribution is -0.176. The normalized spacial score (nSPS) is 16.4. The maximum absolute atomic E-state index is 12.3. The third-order valence-corrected chi connectivity index (χ3v) is 6.20. The Morgan fingerprint density at radius 1 is 0.778 bits per heavy atom. The van der Waals surface area contributed by atoms with Crippen molar-refractivity contribution >= 4 is 23.9 Å². The molecule has 0 aromatic rings. The third kappa shape index (κ3) is 12.6. The molecule has 0 aromatic heterocycles. The fourth-order valence-electron chi connectivity index (χ4n) is 4.19. The Bertz CT molecular complexity index is 697. The molecule has 0 aromatic carbocycles. The monoisotopic (exact) mass is 522 g/mol. The maximum Gasteiger partial charge on any atom is 0.336 e. The topological polar surface area (TPSA) is 219 Å². The van der Waals surface area contributed by atoms with E-state index in [-0.39, 0.29) is 12.8 Å². The minimum absolute atomic E-state index is 0.0699. The van der Waals surface area contributed by atoms with Crippen LogP contribution in [0.5, 0.6) is 0 Å². The van der Waals surface area contributed by atoms with Gasteiger partial charge in [-0.05, 0) is 12.8 Å². The molecule has 210 valence electrons. The van der Waals surface area contributed by atoms with E-state index in [0.29, 0.717) is 6.42 Å². The first-order valence-corrected chi connectivity index (χ1v) is 12.4. The molecule has 0 rings (SSSR count). The summed E-state index contributed by atoms with van der Waals surface area (Å²) in [6.45, 7) is 0.584. The zero-order chi connectivity index (χ0) is 27.8. The highest BCUT2D eigenvalue weighted by atomic mass is 16.6. The lowest BCUT2D eigenvalue weighted by Gasteiger charge is -2.34. The van der Waals surface area contributed by atoms with E-state index >= 15 is 0 Å². The van der Waals surface area contributed by atoms with Gasteiger partial charge in [0, 0.05) is 6.42 Å². The number of carbonyl (C=O) groups excluding carboxylic acids is 1. The molecule has 0 aliphatic carbocycles. The summed E-state index contributed by atoms with van der Waals surface area (Å²) in [6.07, 6.45) is 1.50. The molecule has 12 nitrogen and oxygen atoms in total. The van der Waals surface area contributed by atoms with Gasteiger partial charge >= 0.3 is 23.9 Å². The zero-order valence-corrected chi connectivity index (χ0v) is 20.9. The molecule has 0 saturated heterocycles. The van der Waals surface area contributed by atoms with Crippen molar-refractivity contribution in [3.05, 3.63) is 0 Å². The summed E-state index contributed by atoms with van der Waals surface area (Å²) >= 11 is 0. The highest BCUT2D eigenvalue weighted by molar-refractivity contribution is 5.88. The quantitative estimate of drug-likeness (QED) is 0.0790. The summed E-state index contributed by atoms with van der Waals surface area (Å²) in [4.78, 5) is 46.7. The fourth-order valence-corrected chi connectivity index (χ4v) is 4.19. The standard InChI is InChI=1S/C24H42O12/c1-2-3-4-5-6-7-8-9-10-23(21(31)32,11-17(27)15-25)12-18(16-26)36-20(30)14-24(35,22(33)34)13-19(28)29/h17-18,25-27,35H,2-16H2,1H3,(H,28,29)(H,31,32)(H,33,34). The van der Waals surface area contributed by atoms with Crippen LogP contribution < -0.4 is 0 Å². The Kier molecular flexibility index (Phi) is 16.1. The van der Waals surface area contributed by atoms with Crippen molar-refractivity contribution in [3.63, 3.8) is 0 Å². The molecule has 4 atom stereocenters. The van der Waals surface area contributed by atoms with E-state index in [1.54, 1.807) is 0 Å². The average Bonchev–Trinajstić information content (AvgIpc) is 2.78. The Morgan fingerprint density at radius 2 is 1.33 bits per heavy atom. The summed E-state index contributed by atoms with van der Waals surface area (Å²) in [6, 6.07) is 0. The van der Waals surface area contributed by atoms with Gasteiger partial charge in [0.25, 0.3) is 0 Å². The van der Waals surface area contributed by atoms with E-state index in [4.69, 9.17) is 14.9 Å². The lowest BCUT2D eigenvalue weighted by atomic mass is 9.73. The summed E-state index contributed by atoms with van der Waals surface area (Å²) in [5.74, 6) is -6.28. The van der Waals surface area contributed by atoms with Crippen molar-refractivity contribution in [3.8, 4) is 0 Å². The van der Waals surface area contributed by atoms with Crippen molar-refractivity contribution in [2.24, 2.45) is 5.41 Å². The van der Waals surface area contributed by atoms with Gasteiger partial charge in [0.1, 0.15) is 6.10 Å². The first-order valence-electron chi connectivity index (χ1n) is 12.4. The smallest absolute Gasteiger partial charge is 0.336 e. The van der Waals surface area contributed by atoms with Crippen LogP contribution in [0.15, 0.2) is 0 Å². The van der Waals surface area contributed by atoms with Gasteiger partial charge in [0.2, 0.25) is 0 Å². The van der Waals surface area contributed by atoms with Crippen LogP contribution in [0.2, 0.25) is 0 Å². The minimum atomic E-state index is -2.95. The van der Waals surface area contributed by atoms with Crippen LogP contribution in [0, 0.1) is 5.41 Å². The van der Waals surface area contributed by atoms with Crippen molar-refractivity contribution in [1.29, 1.82) is 0 Å². The zero-order valence-electron chi connectivity index (χ0n) is 20.9. The average molecular weight is 523 g/mol. The van der Waals surface area contributed by atoms with E-state index in [0.717, 1.165) is 44.9 Å². The fraction of sp³-hybridized carbons (Fsp3) is 0.833. The van der Waals surface area contributed by atoms with E-state index in [1.807, 2.05) is 0 Å². The Morgan fingerprint density at radius 3 is 1.78 bits per heavy atom. The number of aliphatic hydroxyl groups excluding tert-OH is 3. The van der Waals surface area contributed by atoms with Crippen LogP contribution in [0.25, 0.3) is 0 Å². The molecule has 0 radical (unpaired) electrons. The summed E-state index contributed by atoms with van der Waals surface area (Å²) < 4.78 is 5.02.